The second-order valence-corrected chi connectivity index (χ2v) is 18.1. The van der Waals surface area contributed by atoms with Crippen molar-refractivity contribution in [3.05, 3.63) is 102 Å². The molecule has 4 heterocycles. The van der Waals surface area contributed by atoms with Gasteiger partial charge in [0.15, 0.2) is 11.3 Å². The fourth-order valence-corrected chi connectivity index (χ4v) is 11.3. The molecule has 0 radical (unpaired) electrons. The quantitative estimate of drug-likeness (QED) is 0.107. The van der Waals surface area contributed by atoms with Gasteiger partial charge in [-0.2, -0.15) is 10.1 Å². The Bertz CT molecular complexity index is 2040. The summed E-state index contributed by atoms with van der Waals surface area (Å²) in [6.07, 6.45) is 6.07. The van der Waals surface area contributed by atoms with E-state index < -0.39 is 14.4 Å². The molecule has 6 rings (SSSR count). The maximum Gasteiger partial charge on any atom is 0.413 e. The van der Waals surface area contributed by atoms with Crippen molar-refractivity contribution in [1.29, 1.82) is 0 Å². The van der Waals surface area contributed by atoms with Gasteiger partial charge < -0.3 is 14.4 Å². The van der Waals surface area contributed by atoms with Gasteiger partial charge in [0.2, 0.25) is 5.95 Å². The topological polar surface area (TPSA) is 114 Å². The van der Waals surface area contributed by atoms with Crippen molar-refractivity contribution < 1.29 is 14.3 Å². The van der Waals surface area contributed by atoms with Crippen LogP contribution in [-0.4, -0.2) is 75.4 Å². The second kappa shape index (κ2) is 14.6. The van der Waals surface area contributed by atoms with Crippen molar-refractivity contribution in [2.75, 3.05) is 36.5 Å². The van der Waals surface area contributed by atoms with Crippen molar-refractivity contribution in [2.45, 2.75) is 52.1 Å². The number of carbonyl (C=O) groups is 1. The van der Waals surface area contributed by atoms with Crippen molar-refractivity contribution in [3.8, 4) is 0 Å². The first-order chi connectivity index (χ1) is 24.0. The van der Waals surface area contributed by atoms with Crippen molar-refractivity contribution in [3.63, 3.8) is 0 Å². The highest BCUT2D eigenvalue weighted by Crippen LogP contribution is 2.37. The van der Waals surface area contributed by atoms with Crippen LogP contribution < -0.4 is 20.2 Å². The van der Waals surface area contributed by atoms with Crippen LogP contribution in [0.1, 0.15) is 46.1 Å². The molecule has 0 atom stereocenters. The van der Waals surface area contributed by atoms with E-state index in [0.717, 1.165) is 29.0 Å². The summed E-state index contributed by atoms with van der Waals surface area (Å²) in [5.41, 5.74) is 2.79. The Balaban J connectivity index is 1.40. The number of carboxylic acid groups (broad SMARTS) is 1. The normalized spacial score (nSPS) is 12.1. The lowest BCUT2D eigenvalue weighted by Crippen LogP contribution is -2.67. The molecule has 0 aliphatic carbocycles. The summed E-state index contributed by atoms with van der Waals surface area (Å²) < 4.78 is 10.9. The maximum atomic E-state index is 12.1. The molecule has 0 fully saturated rings. The molecule has 1 N–H and O–H groups in total. The average molecular weight is 711 g/mol. The number of benzene rings is 2. The van der Waals surface area contributed by atoms with Crippen LogP contribution >= 0.6 is 11.6 Å². The molecule has 2 aromatic carbocycles. The van der Waals surface area contributed by atoms with Gasteiger partial charge in [-0.25, -0.2) is 19.7 Å². The number of amides is 1. The van der Waals surface area contributed by atoms with Crippen molar-refractivity contribution in [1.82, 2.24) is 29.1 Å². The van der Waals surface area contributed by atoms with Crippen LogP contribution in [0.2, 0.25) is 10.2 Å². The minimum Gasteiger partial charge on any atom is -0.465 e. The Morgan fingerprint density at radius 2 is 1.66 bits per heavy atom. The minimum atomic E-state index is -2.79. The van der Waals surface area contributed by atoms with Crippen molar-refractivity contribution in [2.24, 2.45) is 0 Å². The van der Waals surface area contributed by atoms with E-state index in [1.807, 2.05) is 41.1 Å². The third-order valence-electron chi connectivity index (χ3n) is 9.06. The molecule has 0 saturated heterocycles. The number of anilines is 2. The molecule has 260 valence electrons. The van der Waals surface area contributed by atoms with Crippen LogP contribution in [0.5, 0.6) is 0 Å². The van der Waals surface area contributed by atoms with Gasteiger partial charge in [0.05, 0.1) is 19.3 Å². The zero-order valence-corrected chi connectivity index (χ0v) is 30.9. The Morgan fingerprint density at radius 1 is 0.980 bits per heavy atom. The molecular weight excluding hydrogens is 668 g/mol. The molecule has 0 spiro atoms. The Labute approximate surface area is 298 Å². The number of pyridine rings is 1. The first-order valence-corrected chi connectivity index (χ1v) is 19.1. The fraction of sp³-hybridized carbons (Fsp3) is 0.324. The standard InChI is InChI=1S/C37H43ClN8O3Si/c1-6-7-21-44(23-24-49-50(37(2,3)4,28-14-10-8-11-15-28)29-16-12-9-13-17-29)34-32-30(40-35(41-34)43(5)36(47)48)26-45(42-32)25-27-18-19-31(38)46-22-20-39-33(27)46/h8-20,22,26H,6-7,21,23-25H2,1-5H3,(H,47,48). The SMILES string of the molecule is CCCCN(CCO[Si](c1ccccc1)(c1ccccc1)C(C)(C)C)c1nc(N(C)C(=O)O)nc2cn(Cc3ccc(Cl)n4ccnc34)nc12. The molecule has 0 saturated carbocycles. The number of unbranched alkanes of at least 4 members (excludes halogenated alkanes) is 1. The lowest BCUT2D eigenvalue weighted by Gasteiger charge is -2.43. The summed E-state index contributed by atoms with van der Waals surface area (Å²) >= 11 is 6.39. The molecule has 6 aromatic rings. The zero-order chi connectivity index (χ0) is 35.5. The third-order valence-corrected chi connectivity index (χ3v) is 14.4. The van der Waals surface area contributed by atoms with E-state index in [1.165, 1.54) is 17.4 Å². The fourth-order valence-electron chi connectivity index (χ4n) is 6.55. The summed E-state index contributed by atoms with van der Waals surface area (Å²) in [4.78, 5) is 29.3. The van der Waals surface area contributed by atoms with Gasteiger partial charge in [0.25, 0.3) is 8.32 Å². The summed E-state index contributed by atoms with van der Waals surface area (Å²) in [5, 5.41) is 17.7. The van der Waals surface area contributed by atoms with E-state index in [1.54, 1.807) is 10.9 Å². The Kier molecular flexibility index (Phi) is 10.2. The molecule has 0 aliphatic rings. The van der Waals surface area contributed by atoms with Gasteiger partial charge >= 0.3 is 6.09 Å². The van der Waals surface area contributed by atoms with Crippen LogP contribution in [0.4, 0.5) is 16.6 Å². The number of imidazole rings is 1. The number of fused-ring (bicyclic) bond motifs is 2. The number of hydrogen-bond donors (Lipinski definition) is 1. The van der Waals surface area contributed by atoms with Crippen LogP contribution in [0.25, 0.3) is 16.7 Å². The molecule has 4 aromatic heterocycles. The Morgan fingerprint density at radius 3 is 2.28 bits per heavy atom. The molecule has 1 amide bonds. The number of nitrogens with zero attached hydrogens (tertiary/aromatic N) is 8. The Hall–Kier alpha value is -4.78. The number of hydrogen-bond acceptors (Lipinski definition) is 7. The second-order valence-electron chi connectivity index (χ2n) is 13.4. The first kappa shape index (κ1) is 35.1. The maximum absolute atomic E-state index is 12.1. The molecule has 0 bridgehead atoms. The summed E-state index contributed by atoms with van der Waals surface area (Å²) in [7, 11) is -1.34. The van der Waals surface area contributed by atoms with E-state index in [0.29, 0.717) is 48.2 Å². The van der Waals surface area contributed by atoms with Gasteiger partial charge in [0.1, 0.15) is 16.3 Å². The van der Waals surface area contributed by atoms with Crippen LogP contribution in [0, 0.1) is 0 Å². The third kappa shape index (κ3) is 6.83. The number of rotatable bonds is 13. The van der Waals surface area contributed by atoms with Crippen LogP contribution in [0.15, 0.2) is 91.4 Å². The highest BCUT2D eigenvalue weighted by Gasteiger charge is 2.50. The monoisotopic (exact) mass is 710 g/mol. The lowest BCUT2D eigenvalue weighted by molar-refractivity contribution is 0.203. The van der Waals surface area contributed by atoms with Crippen LogP contribution in [0.3, 0.4) is 0 Å². The largest absolute Gasteiger partial charge is 0.465 e. The first-order valence-electron chi connectivity index (χ1n) is 16.9. The molecule has 0 aliphatic heterocycles. The van der Waals surface area contributed by atoms with Gasteiger partial charge in [-0.15, -0.1) is 0 Å². The van der Waals surface area contributed by atoms with E-state index in [-0.39, 0.29) is 11.0 Å². The predicted molar refractivity (Wildman–Crippen MR) is 202 cm³/mol. The lowest BCUT2D eigenvalue weighted by atomic mass is 10.2. The smallest absolute Gasteiger partial charge is 0.413 e. The highest BCUT2D eigenvalue weighted by molar-refractivity contribution is 6.99. The predicted octanol–water partition coefficient (Wildman–Crippen LogP) is 6.47. The van der Waals surface area contributed by atoms with Gasteiger partial charge in [-0.1, -0.05) is 112 Å². The van der Waals surface area contributed by atoms with Gasteiger partial charge in [-0.05, 0) is 27.9 Å². The average Bonchev–Trinajstić information content (AvgIpc) is 3.77. The number of halogens is 1. The molecule has 0 unspecified atom stereocenters. The van der Waals surface area contributed by atoms with Crippen LogP contribution in [-0.2, 0) is 11.0 Å². The molecule has 50 heavy (non-hydrogen) atoms. The molecule has 13 heteroatoms. The molecule has 11 nitrogen and oxygen atoms in total. The molecular formula is C37H43ClN8O3Si. The van der Waals surface area contributed by atoms with E-state index in [4.69, 9.17) is 26.1 Å². The van der Waals surface area contributed by atoms with Gasteiger partial charge in [-0.3, -0.25) is 9.08 Å². The minimum absolute atomic E-state index is 0.0797. The van der Waals surface area contributed by atoms with E-state index in [9.17, 15) is 9.90 Å². The van der Waals surface area contributed by atoms with E-state index in [2.05, 4.69) is 91.1 Å². The highest BCUT2D eigenvalue weighted by atomic mass is 35.5. The van der Waals surface area contributed by atoms with E-state index >= 15 is 0 Å². The summed E-state index contributed by atoms with van der Waals surface area (Å²) in [6.45, 7) is 11.0. The zero-order valence-electron chi connectivity index (χ0n) is 29.1. The van der Waals surface area contributed by atoms with Gasteiger partial charge in [0, 0.05) is 38.1 Å². The number of aromatic nitrogens is 6. The van der Waals surface area contributed by atoms with Crippen molar-refractivity contribution >= 4 is 64.8 Å². The summed E-state index contributed by atoms with van der Waals surface area (Å²) in [6, 6.07) is 24.9. The summed E-state index contributed by atoms with van der Waals surface area (Å²) in [5.74, 6) is 0.648.